The zero-order valence-corrected chi connectivity index (χ0v) is 13.7. The van der Waals surface area contributed by atoms with Gasteiger partial charge in [0.2, 0.25) is 5.91 Å². The minimum atomic E-state index is -0.713. The van der Waals surface area contributed by atoms with E-state index in [1.165, 1.54) is 6.20 Å². The van der Waals surface area contributed by atoms with Crippen LogP contribution in [-0.4, -0.2) is 43.2 Å². The van der Waals surface area contributed by atoms with Crippen LogP contribution < -0.4 is 21.7 Å². The Morgan fingerprint density at radius 1 is 1.41 bits per heavy atom. The summed E-state index contributed by atoms with van der Waals surface area (Å²) in [5, 5.41) is 7.89. The Hall–Kier alpha value is -2.25. The van der Waals surface area contributed by atoms with Gasteiger partial charge in [-0.3, -0.25) is 9.79 Å². The van der Waals surface area contributed by atoms with Crippen LogP contribution in [0.4, 0.5) is 4.79 Å². The maximum atomic E-state index is 11.9. The first-order valence-electron chi connectivity index (χ1n) is 7.06. The number of hydrogen-bond donors (Lipinski definition) is 4. The van der Waals surface area contributed by atoms with Crippen molar-refractivity contribution < 1.29 is 14.3 Å². The molecule has 0 radical (unpaired) electrons. The van der Waals surface area contributed by atoms with E-state index in [1.54, 1.807) is 27.8 Å². The Labute approximate surface area is 131 Å². The highest BCUT2D eigenvalue weighted by Crippen LogP contribution is 2.07. The van der Waals surface area contributed by atoms with E-state index in [2.05, 4.69) is 27.5 Å². The van der Waals surface area contributed by atoms with Crippen molar-refractivity contribution in [3.8, 4) is 0 Å². The highest BCUT2D eigenvalue weighted by Gasteiger charge is 2.23. The van der Waals surface area contributed by atoms with E-state index in [4.69, 9.17) is 10.5 Å². The molecule has 1 unspecified atom stereocenters. The lowest BCUT2D eigenvalue weighted by Gasteiger charge is -2.23. The van der Waals surface area contributed by atoms with Gasteiger partial charge in [-0.25, -0.2) is 4.79 Å². The Morgan fingerprint density at radius 3 is 2.55 bits per heavy atom. The van der Waals surface area contributed by atoms with Crippen LogP contribution in [0.15, 0.2) is 17.8 Å². The van der Waals surface area contributed by atoms with Crippen LogP contribution in [0.25, 0.3) is 0 Å². The van der Waals surface area contributed by atoms with E-state index >= 15 is 0 Å². The summed E-state index contributed by atoms with van der Waals surface area (Å²) in [6, 6.07) is -0.713. The fraction of sp³-hybridized carbons (Fsp3) is 0.643. The fourth-order valence-corrected chi connectivity index (χ4v) is 1.52. The quantitative estimate of drug-likeness (QED) is 0.309. The predicted octanol–water partition coefficient (Wildman–Crippen LogP) is 0.454. The third kappa shape index (κ3) is 9.62. The summed E-state index contributed by atoms with van der Waals surface area (Å²) < 4.78 is 5.15. The average Bonchev–Trinajstić information content (AvgIpc) is 2.39. The molecule has 0 heterocycles. The molecule has 0 aliphatic carbocycles. The van der Waals surface area contributed by atoms with Crippen LogP contribution in [0.3, 0.4) is 0 Å². The molecular weight excluding hydrogens is 286 g/mol. The predicted molar refractivity (Wildman–Crippen MR) is 86.3 cm³/mol. The van der Waals surface area contributed by atoms with E-state index in [9.17, 15) is 9.59 Å². The van der Waals surface area contributed by atoms with Gasteiger partial charge in [-0.2, -0.15) is 0 Å². The van der Waals surface area contributed by atoms with Crippen molar-refractivity contribution in [1.29, 1.82) is 0 Å². The summed E-state index contributed by atoms with van der Waals surface area (Å²) >= 11 is 0. The number of ether oxygens (including phenoxy) is 1. The van der Waals surface area contributed by atoms with Gasteiger partial charge in [-0.1, -0.05) is 6.58 Å². The molecule has 8 heteroatoms. The maximum Gasteiger partial charge on any atom is 0.408 e. The molecule has 0 bridgehead atoms. The first kappa shape index (κ1) is 19.8. The van der Waals surface area contributed by atoms with Gasteiger partial charge in [-0.05, 0) is 39.8 Å². The number of nitrogens with zero attached hydrogens (tertiary/aromatic N) is 1. The molecular formula is C14H27N5O3. The van der Waals surface area contributed by atoms with Crippen molar-refractivity contribution in [2.24, 2.45) is 10.7 Å². The smallest absolute Gasteiger partial charge is 0.408 e. The van der Waals surface area contributed by atoms with Crippen molar-refractivity contribution in [2.75, 3.05) is 13.6 Å². The zero-order valence-electron chi connectivity index (χ0n) is 13.7. The number of alkyl carbamates (subject to hydrolysis) is 1. The molecule has 0 aromatic carbocycles. The van der Waals surface area contributed by atoms with Crippen LogP contribution in [-0.2, 0) is 9.53 Å². The average molecular weight is 313 g/mol. The Kier molecular flexibility index (Phi) is 8.66. The number of amides is 2. The minimum absolute atomic E-state index is 0.326. The van der Waals surface area contributed by atoms with Gasteiger partial charge in [0.15, 0.2) is 5.96 Å². The van der Waals surface area contributed by atoms with Crippen molar-refractivity contribution >= 4 is 18.0 Å². The SMILES string of the molecule is C=CNC(=O)C(CCCNC(N)=NC)NC(=O)OC(C)(C)C. The Bertz CT molecular complexity index is 415. The van der Waals surface area contributed by atoms with Crippen LogP contribution in [0.1, 0.15) is 33.6 Å². The lowest BCUT2D eigenvalue weighted by molar-refractivity contribution is -0.122. The molecule has 0 aromatic rings. The molecule has 1 atom stereocenters. The Morgan fingerprint density at radius 2 is 2.05 bits per heavy atom. The minimum Gasteiger partial charge on any atom is -0.444 e. The molecule has 0 saturated carbocycles. The van der Waals surface area contributed by atoms with Gasteiger partial charge in [0.25, 0.3) is 0 Å². The highest BCUT2D eigenvalue weighted by molar-refractivity contribution is 5.86. The van der Waals surface area contributed by atoms with Crippen molar-refractivity contribution in [2.45, 2.75) is 45.3 Å². The normalized spacial score (nSPS) is 13.0. The number of rotatable bonds is 7. The van der Waals surface area contributed by atoms with E-state index in [1.807, 2.05) is 0 Å². The molecule has 2 amide bonds. The first-order valence-corrected chi connectivity index (χ1v) is 7.06. The monoisotopic (exact) mass is 313 g/mol. The summed E-state index contributed by atoms with van der Waals surface area (Å²) in [7, 11) is 1.58. The largest absolute Gasteiger partial charge is 0.444 e. The van der Waals surface area contributed by atoms with Crippen LogP contribution in [0.2, 0.25) is 0 Å². The van der Waals surface area contributed by atoms with E-state index in [-0.39, 0.29) is 5.91 Å². The molecule has 5 N–H and O–H groups in total. The summed E-state index contributed by atoms with van der Waals surface area (Å²) in [6.07, 6.45) is 1.66. The van der Waals surface area contributed by atoms with Crippen LogP contribution in [0, 0.1) is 0 Å². The highest BCUT2D eigenvalue weighted by atomic mass is 16.6. The molecule has 126 valence electrons. The molecule has 0 aromatic heterocycles. The molecule has 0 saturated heterocycles. The second-order valence-corrected chi connectivity index (χ2v) is 5.59. The molecule has 0 aliphatic rings. The Balaban J connectivity index is 4.47. The number of hydrogen-bond acceptors (Lipinski definition) is 4. The molecule has 0 spiro atoms. The number of aliphatic imine (C=N–C) groups is 1. The summed E-state index contributed by atoms with van der Waals surface area (Å²) in [6.45, 7) is 9.23. The van der Waals surface area contributed by atoms with Crippen molar-refractivity contribution in [3.05, 3.63) is 12.8 Å². The summed E-state index contributed by atoms with van der Waals surface area (Å²) in [5.41, 5.74) is 4.88. The molecule has 0 fully saturated rings. The standard InChI is InChI=1S/C14H27N5O3/c1-6-17-11(20)10(8-7-9-18-12(15)16-5)19-13(21)22-14(2,3)4/h6,10H,1,7-9H2,2-5H3,(H,17,20)(H,19,21)(H3,15,16,18). The molecule has 0 rings (SSSR count). The molecule has 22 heavy (non-hydrogen) atoms. The van der Waals surface area contributed by atoms with Crippen molar-refractivity contribution in [3.63, 3.8) is 0 Å². The molecule has 8 nitrogen and oxygen atoms in total. The number of guanidine groups is 1. The van der Waals surface area contributed by atoms with Gasteiger partial charge in [0, 0.05) is 13.6 Å². The van der Waals surface area contributed by atoms with Crippen LogP contribution >= 0.6 is 0 Å². The summed E-state index contributed by atoms with van der Waals surface area (Å²) in [4.78, 5) is 27.4. The van der Waals surface area contributed by atoms with Gasteiger partial charge in [-0.15, -0.1) is 0 Å². The summed E-state index contributed by atoms with van der Waals surface area (Å²) in [5.74, 6) is -0.0230. The lowest BCUT2D eigenvalue weighted by atomic mass is 10.1. The van der Waals surface area contributed by atoms with Gasteiger partial charge < -0.3 is 26.4 Å². The zero-order chi connectivity index (χ0) is 17.2. The second-order valence-electron chi connectivity index (χ2n) is 5.59. The second kappa shape index (κ2) is 9.64. The van der Waals surface area contributed by atoms with E-state index in [0.717, 1.165) is 0 Å². The van der Waals surface area contributed by atoms with Gasteiger partial charge >= 0.3 is 6.09 Å². The van der Waals surface area contributed by atoms with E-state index < -0.39 is 17.7 Å². The number of nitrogens with two attached hydrogens (primary N) is 1. The van der Waals surface area contributed by atoms with Crippen LogP contribution in [0.5, 0.6) is 0 Å². The third-order valence-corrected chi connectivity index (χ3v) is 2.47. The van der Waals surface area contributed by atoms with Crippen molar-refractivity contribution in [1.82, 2.24) is 16.0 Å². The maximum absolute atomic E-state index is 11.9. The number of carbonyl (C=O) groups excluding carboxylic acids is 2. The number of nitrogens with one attached hydrogen (secondary N) is 3. The van der Waals surface area contributed by atoms with Gasteiger partial charge in [0.1, 0.15) is 11.6 Å². The van der Waals surface area contributed by atoms with Gasteiger partial charge in [0.05, 0.1) is 0 Å². The first-order chi connectivity index (χ1) is 10.2. The third-order valence-electron chi connectivity index (χ3n) is 2.47. The fourth-order valence-electron chi connectivity index (χ4n) is 1.52. The number of carbonyl (C=O) groups is 2. The lowest BCUT2D eigenvalue weighted by Crippen LogP contribution is -2.47. The topological polar surface area (TPSA) is 118 Å². The molecule has 0 aliphatic heterocycles. The van der Waals surface area contributed by atoms with E-state index in [0.29, 0.717) is 25.3 Å².